The van der Waals surface area contributed by atoms with Crippen LogP contribution in [0.25, 0.3) is 38.8 Å². The minimum absolute atomic E-state index is 0. The smallest absolute Gasteiger partial charge is 0.135 e. The molecular weight excluding hydrogens is 1130 g/mol. The summed E-state index contributed by atoms with van der Waals surface area (Å²) in [6.07, 6.45) is 1.93. The predicted molar refractivity (Wildman–Crippen MR) is 325 cm³/mol. The maximum Gasteiger partial charge on any atom is 0.135 e. The third-order valence-electron chi connectivity index (χ3n) is 15.8. The van der Waals surface area contributed by atoms with Gasteiger partial charge >= 0.3 is 0 Å². The molecule has 404 valence electrons. The first-order valence-electron chi connectivity index (χ1n) is 27.4. The monoisotopic (exact) mass is 1210 g/mol. The molecule has 0 saturated heterocycles. The number of benzene rings is 7. The largest absolute Gasteiger partial charge is 0.509 e. The molecule has 3 heterocycles. The molecule has 78 heavy (non-hydrogen) atoms. The molecule has 0 fully saturated rings. The Labute approximate surface area is 480 Å². The van der Waals surface area contributed by atoms with Crippen molar-refractivity contribution in [2.24, 2.45) is 0 Å². The molecule has 0 aliphatic carbocycles. The SMILES string of the molecule is CC(C)(C)c1cc(Oc2[c-]c3c(cc2)c2cc(-c4ccccc4)ccc2n3-c2cc(C(C)(C)C)ccn2)[c-]c(N2[CH-]N(c3cc(C(C)(C)C)cc(C(C)(C)C)c3)C(C(C)(C)c3ccccc3)=C2C(C)(C)c2ccccc2)c1.[Pt]. The Hall–Kier alpha value is -6.68. The van der Waals surface area contributed by atoms with E-state index in [1.165, 1.54) is 44.8 Å². The maximum absolute atomic E-state index is 7.15. The molecule has 9 aromatic rings. The van der Waals surface area contributed by atoms with Gasteiger partial charge < -0.3 is 19.1 Å². The number of pyridine rings is 1. The van der Waals surface area contributed by atoms with Crippen LogP contribution in [0, 0.1) is 18.8 Å². The van der Waals surface area contributed by atoms with Gasteiger partial charge in [0.1, 0.15) is 5.82 Å². The van der Waals surface area contributed by atoms with E-state index >= 15 is 0 Å². The van der Waals surface area contributed by atoms with Crippen molar-refractivity contribution in [2.45, 2.75) is 143 Å². The van der Waals surface area contributed by atoms with E-state index in [9.17, 15) is 0 Å². The van der Waals surface area contributed by atoms with E-state index in [1.807, 2.05) is 6.20 Å². The average Bonchev–Trinajstić information content (AvgIpc) is 4.15. The number of rotatable bonds is 10. The molecule has 1 aliphatic rings. The zero-order valence-corrected chi connectivity index (χ0v) is 51.0. The standard InChI is InChI=1S/C72H77N4O.Pt/c1-67(2,3)52-36-37-73-64(44-52)76-62-35-32-49(48-26-20-17-21-27-48)38-61(62)60-34-33-58(46-63(60)76)77-59-43-55(70(10,11)12)42-57(45-59)75-47-74(56-40-53(68(4,5)6)39-54(41-56)69(7,8)9)65(71(13,14)50-28-22-18-23-29-50)66(75)72(15,16)51-30-24-19-25-31-51;/h17-44,47H,1-16H3;/q-3;. The zero-order chi connectivity index (χ0) is 55.0. The molecule has 2 aromatic heterocycles. The third-order valence-corrected chi connectivity index (χ3v) is 15.8. The summed E-state index contributed by atoms with van der Waals surface area (Å²) in [6.45, 7) is 39.3. The molecule has 0 atom stereocenters. The van der Waals surface area contributed by atoms with Crippen LogP contribution in [0.2, 0.25) is 0 Å². The Kier molecular flexibility index (Phi) is 14.7. The van der Waals surface area contributed by atoms with Gasteiger partial charge in [0.2, 0.25) is 0 Å². The fourth-order valence-electron chi connectivity index (χ4n) is 10.9. The summed E-state index contributed by atoms with van der Waals surface area (Å²) < 4.78 is 9.40. The number of nitrogens with zero attached hydrogens (tertiary/aromatic N) is 4. The molecule has 0 saturated carbocycles. The first-order valence-corrected chi connectivity index (χ1v) is 27.4. The summed E-state index contributed by atoms with van der Waals surface area (Å²) in [7, 11) is 0. The number of hydrogen-bond acceptors (Lipinski definition) is 4. The first-order chi connectivity index (χ1) is 36.2. The van der Waals surface area contributed by atoms with Gasteiger partial charge in [0, 0.05) is 72.2 Å². The van der Waals surface area contributed by atoms with Crippen LogP contribution in [0.1, 0.15) is 144 Å². The van der Waals surface area contributed by atoms with Crippen LogP contribution >= 0.6 is 0 Å². The molecule has 5 nitrogen and oxygen atoms in total. The van der Waals surface area contributed by atoms with Gasteiger partial charge in [-0.1, -0.05) is 225 Å². The van der Waals surface area contributed by atoms with Gasteiger partial charge in [-0.2, -0.15) is 6.07 Å². The van der Waals surface area contributed by atoms with Gasteiger partial charge in [0.05, 0.1) is 0 Å². The van der Waals surface area contributed by atoms with Crippen molar-refractivity contribution in [3.05, 3.63) is 234 Å². The van der Waals surface area contributed by atoms with Crippen molar-refractivity contribution < 1.29 is 25.8 Å². The Morgan fingerprint density at radius 3 is 1.50 bits per heavy atom. The minimum atomic E-state index is -0.500. The Bertz CT molecular complexity index is 3640. The summed E-state index contributed by atoms with van der Waals surface area (Å²) in [5.74, 6) is 2.05. The Morgan fingerprint density at radius 1 is 0.423 bits per heavy atom. The van der Waals surface area contributed by atoms with Crippen LogP contribution < -0.4 is 14.5 Å². The van der Waals surface area contributed by atoms with Crippen LogP contribution in [0.3, 0.4) is 0 Å². The van der Waals surface area contributed by atoms with E-state index in [4.69, 9.17) is 9.72 Å². The summed E-state index contributed by atoms with van der Waals surface area (Å²) >= 11 is 0. The quantitative estimate of drug-likeness (QED) is 0.128. The van der Waals surface area contributed by atoms with E-state index in [2.05, 4.69) is 308 Å². The number of fused-ring (bicyclic) bond motifs is 3. The van der Waals surface area contributed by atoms with Gasteiger partial charge in [-0.3, -0.25) is 0 Å². The van der Waals surface area contributed by atoms with Crippen molar-refractivity contribution in [2.75, 3.05) is 9.80 Å². The van der Waals surface area contributed by atoms with Crippen LogP contribution in [0.5, 0.6) is 11.5 Å². The number of aromatic nitrogens is 2. The third kappa shape index (κ3) is 10.8. The van der Waals surface area contributed by atoms with Crippen LogP contribution in [-0.4, -0.2) is 9.55 Å². The summed E-state index contributed by atoms with van der Waals surface area (Å²) in [5.41, 5.74) is 14.6. The molecule has 0 spiro atoms. The predicted octanol–water partition coefficient (Wildman–Crippen LogP) is 19.0. The number of anilines is 2. The molecular formula is C72H77N4OPt-3. The van der Waals surface area contributed by atoms with Gasteiger partial charge in [0.25, 0.3) is 0 Å². The zero-order valence-electron chi connectivity index (χ0n) is 48.8. The Morgan fingerprint density at radius 2 is 0.949 bits per heavy atom. The van der Waals surface area contributed by atoms with Crippen molar-refractivity contribution >= 4 is 33.2 Å². The van der Waals surface area contributed by atoms with E-state index in [-0.39, 0.29) is 42.7 Å². The summed E-state index contributed by atoms with van der Waals surface area (Å²) in [6, 6.07) is 67.3. The summed E-state index contributed by atoms with van der Waals surface area (Å²) in [5, 5.41) is 2.20. The molecule has 7 aromatic carbocycles. The molecule has 0 unspecified atom stereocenters. The van der Waals surface area contributed by atoms with E-state index in [0.717, 1.165) is 50.1 Å². The average molecular weight is 1210 g/mol. The number of ether oxygens (including phenoxy) is 1. The molecule has 0 radical (unpaired) electrons. The van der Waals surface area contributed by atoms with E-state index < -0.39 is 10.8 Å². The van der Waals surface area contributed by atoms with Crippen molar-refractivity contribution in [1.82, 2.24) is 9.55 Å². The second-order valence-corrected chi connectivity index (χ2v) is 26.4. The van der Waals surface area contributed by atoms with Crippen molar-refractivity contribution in [3.8, 4) is 28.4 Å². The van der Waals surface area contributed by atoms with Crippen LogP contribution in [0.15, 0.2) is 181 Å². The van der Waals surface area contributed by atoms with E-state index in [1.54, 1.807) is 0 Å². The van der Waals surface area contributed by atoms with Crippen LogP contribution in [-0.2, 0) is 53.6 Å². The number of hydrogen-bond donors (Lipinski definition) is 0. The van der Waals surface area contributed by atoms with Gasteiger partial charge in [0.15, 0.2) is 0 Å². The summed E-state index contributed by atoms with van der Waals surface area (Å²) in [4.78, 5) is 9.92. The normalized spacial score (nSPS) is 13.9. The molecule has 10 rings (SSSR count). The second kappa shape index (κ2) is 20.5. The molecule has 6 heteroatoms. The Balaban J connectivity index is 0.00000740. The second-order valence-electron chi connectivity index (χ2n) is 26.4. The fourth-order valence-corrected chi connectivity index (χ4v) is 10.9. The van der Waals surface area contributed by atoms with Gasteiger partial charge in [-0.15, -0.1) is 53.6 Å². The first kappa shape index (κ1) is 56.1. The topological polar surface area (TPSA) is 33.5 Å². The van der Waals surface area contributed by atoms with Crippen molar-refractivity contribution in [1.29, 1.82) is 0 Å². The number of allylic oxidation sites excluding steroid dienone is 2. The van der Waals surface area contributed by atoms with E-state index in [0.29, 0.717) is 11.5 Å². The molecule has 1 aliphatic heterocycles. The fraction of sp³-hybridized carbons (Fsp3) is 0.306. The van der Waals surface area contributed by atoms with Gasteiger partial charge in [-0.05, 0) is 96.3 Å². The minimum Gasteiger partial charge on any atom is -0.509 e. The van der Waals surface area contributed by atoms with Crippen molar-refractivity contribution in [3.63, 3.8) is 0 Å². The van der Waals surface area contributed by atoms with Gasteiger partial charge in [-0.25, -0.2) is 4.98 Å². The maximum atomic E-state index is 7.15. The molecule has 0 amide bonds. The molecule has 0 bridgehead atoms. The molecule has 0 N–H and O–H groups in total. The van der Waals surface area contributed by atoms with Crippen LogP contribution in [0.4, 0.5) is 11.4 Å².